The number of hydrogen-bond acceptors (Lipinski definition) is 4. The molecule has 23 heavy (non-hydrogen) atoms. The zero-order chi connectivity index (χ0) is 16.4. The van der Waals surface area contributed by atoms with Gasteiger partial charge >= 0.3 is 0 Å². The van der Waals surface area contributed by atoms with Crippen molar-refractivity contribution in [3.05, 3.63) is 53.6 Å². The van der Waals surface area contributed by atoms with E-state index in [1.54, 1.807) is 24.3 Å². The van der Waals surface area contributed by atoms with Crippen LogP contribution >= 0.6 is 22.6 Å². The van der Waals surface area contributed by atoms with Crippen molar-refractivity contribution in [2.75, 3.05) is 13.3 Å². The van der Waals surface area contributed by atoms with Crippen LogP contribution < -0.4 is 14.2 Å². The Bertz CT molecular complexity index is 805. The van der Waals surface area contributed by atoms with Crippen LogP contribution in [0.3, 0.4) is 0 Å². The second-order valence-electron chi connectivity index (χ2n) is 5.25. The van der Waals surface area contributed by atoms with Gasteiger partial charge in [-0.2, -0.15) is 0 Å². The first-order valence-electron chi connectivity index (χ1n) is 7.06. The molecule has 3 rings (SSSR count). The van der Waals surface area contributed by atoms with Gasteiger partial charge in [0.15, 0.2) is 11.5 Å². The molecule has 0 saturated heterocycles. The fourth-order valence-electron chi connectivity index (χ4n) is 2.21. The fourth-order valence-corrected chi connectivity index (χ4v) is 4.16. The van der Waals surface area contributed by atoms with Crippen LogP contribution in [-0.2, 0) is 10.0 Å². The summed E-state index contributed by atoms with van der Waals surface area (Å²) < 4.78 is 37.9. The summed E-state index contributed by atoms with van der Waals surface area (Å²) in [5, 5.41) is 0. The largest absolute Gasteiger partial charge is 0.454 e. The molecule has 0 bridgehead atoms. The molecule has 1 atom stereocenters. The van der Waals surface area contributed by atoms with E-state index in [0.29, 0.717) is 12.3 Å². The Kier molecular flexibility index (Phi) is 4.79. The molecule has 2 aromatic carbocycles. The fraction of sp³-hybridized carbons (Fsp3) is 0.250. The number of alkyl halides is 1. The molecular formula is C16H16INO4S. The normalized spacial score (nSPS) is 14.7. The van der Waals surface area contributed by atoms with Gasteiger partial charge in [0, 0.05) is 10.5 Å². The minimum Gasteiger partial charge on any atom is -0.454 e. The molecule has 7 heteroatoms. The number of benzene rings is 2. The Hall–Kier alpha value is -1.32. The Labute approximate surface area is 149 Å². The van der Waals surface area contributed by atoms with Crippen molar-refractivity contribution >= 4 is 32.6 Å². The van der Waals surface area contributed by atoms with Gasteiger partial charge in [0.1, 0.15) is 0 Å². The maximum absolute atomic E-state index is 12.3. The first kappa shape index (κ1) is 16.5. The van der Waals surface area contributed by atoms with Crippen LogP contribution in [0, 0.1) is 6.92 Å². The first-order valence-corrected chi connectivity index (χ1v) is 9.78. The molecule has 1 unspecified atom stereocenters. The number of sulfonamides is 1. The predicted molar refractivity (Wildman–Crippen MR) is 95.7 cm³/mol. The molecule has 0 radical (unpaired) electrons. The van der Waals surface area contributed by atoms with Gasteiger partial charge in [0.05, 0.1) is 4.90 Å². The summed E-state index contributed by atoms with van der Waals surface area (Å²) in [7, 11) is -3.50. The SMILES string of the molecule is Cc1ccc(S(=O)(=O)NCC(I)c2ccc3c(c2)OCO3)cc1. The summed E-state index contributed by atoms with van der Waals surface area (Å²) >= 11 is 2.21. The lowest BCUT2D eigenvalue weighted by Gasteiger charge is -2.13. The second kappa shape index (κ2) is 6.66. The zero-order valence-corrected chi connectivity index (χ0v) is 15.4. The molecule has 0 fully saturated rings. The van der Waals surface area contributed by atoms with Gasteiger partial charge in [-0.25, -0.2) is 13.1 Å². The van der Waals surface area contributed by atoms with Gasteiger partial charge in [-0.15, -0.1) is 0 Å². The van der Waals surface area contributed by atoms with E-state index in [4.69, 9.17) is 9.47 Å². The third-order valence-corrected chi connectivity index (χ3v) is 6.14. The Morgan fingerprint density at radius 1 is 1.13 bits per heavy atom. The van der Waals surface area contributed by atoms with E-state index in [9.17, 15) is 8.42 Å². The molecule has 122 valence electrons. The molecule has 0 saturated carbocycles. The maximum atomic E-state index is 12.3. The van der Waals surface area contributed by atoms with Crippen LogP contribution in [0.4, 0.5) is 0 Å². The molecule has 2 aromatic rings. The van der Waals surface area contributed by atoms with Gasteiger partial charge in [-0.3, -0.25) is 0 Å². The third kappa shape index (κ3) is 3.78. The van der Waals surface area contributed by atoms with Crippen LogP contribution in [0.5, 0.6) is 11.5 Å². The van der Waals surface area contributed by atoms with Crippen LogP contribution in [0.1, 0.15) is 15.1 Å². The molecule has 1 heterocycles. The zero-order valence-electron chi connectivity index (χ0n) is 12.5. The summed E-state index contributed by atoms with van der Waals surface area (Å²) in [6.45, 7) is 2.45. The van der Waals surface area contributed by atoms with Gasteiger partial charge in [0.2, 0.25) is 16.8 Å². The Morgan fingerprint density at radius 2 is 1.83 bits per heavy atom. The van der Waals surface area contributed by atoms with Crippen LogP contribution in [-0.4, -0.2) is 21.8 Å². The van der Waals surface area contributed by atoms with Crippen molar-refractivity contribution in [3.8, 4) is 11.5 Å². The van der Waals surface area contributed by atoms with E-state index in [0.717, 1.165) is 16.9 Å². The summed E-state index contributed by atoms with van der Waals surface area (Å²) in [6, 6.07) is 12.4. The molecule has 0 aliphatic carbocycles. The summed E-state index contributed by atoms with van der Waals surface area (Å²) in [6.07, 6.45) is 0. The number of rotatable bonds is 5. The lowest BCUT2D eigenvalue weighted by atomic mass is 10.1. The second-order valence-corrected chi connectivity index (χ2v) is 8.52. The van der Waals surface area contributed by atoms with Crippen molar-refractivity contribution in [3.63, 3.8) is 0 Å². The average molecular weight is 445 g/mol. The molecular weight excluding hydrogens is 429 g/mol. The average Bonchev–Trinajstić information content (AvgIpc) is 3.00. The summed E-state index contributed by atoms with van der Waals surface area (Å²) in [5.74, 6) is 1.42. The van der Waals surface area contributed by atoms with Crippen molar-refractivity contribution in [2.24, 2.45) is 0 Å². The van der Waals surface area contributed by atoms with Crippen LogP contribution in [0.15, 0.2) is 47.4 Å². The van der Waals surface area contributed by atoms with E-state index >= 15 is 0 Å². The Morgan fingerprint density at radius 3 is 2.57 bits per heavy atom. The minimum atomic E-state index is -3.50. The molecule has 0 amide bonds. The quantitative estimate of drug-likeness (QED) is 0.568. The Balaban J connectivity index is 1.68. The predicted octanol–water partition coefficient (Wildman–Crippen LogP) is 3.18. The van der Waals surface area contributed by atoms with E-state index in [1.807, 2.05) is 25.1 Å². The number of halogens is 1. The highest BCUT2D eigenvalue weighted by atomic mass is 127. The minimum absolute atomic E-state index is 0.0117. The maximum Gasteiger partial charge on any atom is 0.240 e. The highest BCUT2D eigenvalue weighted by Crippen LogP contribution is 2.36. The lowest BCUT2D eigenvalue weighted by Crippen LogP contribution is -2.26. The van der Waals surface area contributed by atoms with Crippen molar-refractivity contribution in [1.29, 1.82) is 0 Å². The van der Waals surface area contributed by atoms with Gasteiger partial charge in [0.25, 0.3) is 0 Å². The van der Waals surface area contributed by atoms with Gasteiger partial charge in [-0.05, 0) is 36.8 Å². The third-order valence-electron chi connectivity index (χ3n) is 3.54. The molecule has 5 nitrogen and oxygen atoms in total. The van der Waals surface area contributed by atoms with E-state index < -0.39 is 10.0 Å². The molecule has 1 N–H and O–H groups in total. The van der Waals surface area contributed by atoms with Gasteiger partial charge < -0.3 is 9.47 Å². The number of hydrogen-bond donors (Lipinski definition) is 1. The number of fused-ring (bicyclic) bond motifs is 1. The molecule has 0 spiro atoms. The van der Waals surface area contributed by atoms with Crippen LogP contribution in [0.2, 0.25) is 0 Å². The first-order chi connectivity index (χ1) is 11.0. The van der Waals surface area contributed by atoms with Crippen molar-refractivity contribution < 1.29 is 17.9 Å². The monoisotopic (exact) mass is 445 g/mol. The molecule has 1 aliphatic rings. The number of aryl methyl sites for hydroxylation is 1. The van der Waals surface area contributed by atoms with E-state index in [1.165, 1.54) is 0 Å². The highest BCUT2D eigenvalue weighted by molar-refractivity contribution is 14.1. The number of ether oxygens (including phenoxy) is 2. The summed E-state index contributed by atoms with van der Waals surface area (Å²) in [4.78, 5) is 0.275. The smallest absolute Gasteiger partial charge is 0.240 e. The summed E-state index contributed by atoms with van der Waals surface area (Å²) in [5.41, 5.74) is 2.01. The molecule has 1 aliphatic heterocycles. The topological polar surface area (TPSA) is 64.6 Å². The molecule has 0 aromatic heterocycles. The lowest BCUT2D eigenvalue weighted by molar-refractivity contribution is 0.174. The van der Waals surface area contributed by atoms with Crippen molar-refractivity contribution in [1.82, 2.24) is 4.72 Å². The van der Waals surface area contributed by atoms with Crippen molar-refractivity contribution in [2.45, 2.75) is 15.7 Å². The van der Waals surface area contributed by atoms with E-state index in [2.05, 4.69) is 27.3 Å². The standard InChI is InChI=1S/C16H16INO4S/c1-11-2-5-13(6-3-11)23(19,20)18-9-14(17)12-4-7-15-16(8-12)22-10-21-15/h2-8,14,18H,9-10H2,1H3. The number of nitrogens with one attached hydrogen (secondary N) is 1. The van der Waals surface area contributed by atoms with E-state index in [-0.39, 0.29) is 15.6 Å². The van der Waals surface area contributed by atoms with Gasteiger partial charge in [-0.1, -0.05) is 46.4 Å². The van der Waals surface area contributed by atoms with Crippen LogP contribution in [0.25, 0.3) is 0 Å². The highest BCUT2D eigenvalue weighted by Gasteiger charge is 2.19.